The maximum atomic E-state index is 10.9. The molecule has 2 N–H and O–H groups in total. The van der Waals surface area contributed by atoms with Crippen LogP contribution in [0, 0.1) is 0 Å². The van der Waals surface area contributed by atoms with Crippen LogP contribution in [0.15, 0.2) is 34.9 Å². The quantitative estimate of drug-likeness (QED) is 0.789. The SMILES string of the molecule is NC(=O)c1cc2ccccc2c(Br)n1. The average molecular weight is 251 g/mol. The van der Waals surface area contributed by atoms with Gasteiger partial charge in [-0.2, -0.15) is 0 Å². The van der Waals surface area contributed by atoms with Crippen LogP contribution >= 0.6 is 15.9 Å². The maximum Gasteiger partial charge on any atom is 0.267 e. The smallest absolute Gasteiger partial charge is 0.267 e. The Bertz CT molecular complexity index is 510. The fraction of sp³-hybridized carbons (Fsp3) is 0. The van der Waals surface area contributed by atoms with Crippen LogP contribution in [0.4, 0.5) is 0 Å². The van der Waals surface area contributed by atoms with Crippen LogP contribution < -0.4 is 5.73 Å². The largest absolute Gasteiger partial charge is 0.364 e. The molecule has 2 rings (SSSR count). The number of fused-ring (bicyclic) bond motifs is 1. The van der Waals surface area contributed by atoms with Crippen molar-refractivity contribution in [3.63, 3.8) is 0 Å². The standard InChI is InChI=1S/C10H7BrN2O/c11-9-7-4-2-1-3-6(7)5-8(13-9)10(12)14/h1-5H,(H2,12,14). The third-order valence-corrected chi connectivity index (χ3v) is 2.55. The Morgan fingerprint density at radius 1 is 1.36 bits per heavy atom. The number of primary amides is 1. The highest BCUT2D eigenvalue weighted by Crippen LogP contribution is 2.22. The van der Waals surface area contributed by atoms with E-state index in [2.05, 4.69) is 20.9 Å². The molecule has 1 amide bonds. The summed E-state index contributed by atoms with van der Waals surface area (Å²) >= 11 is 3.30. The second-order valence-corrected chi connectivity index (χ2v) is 3.63. The number of nitrogens with two attached hydrogens (primary N) is 1. The molecular formula is C10H7BrN2O. The molecule has 0 radical (unpaired) electrons. The van der Waals surface area contributed by atoms with Crippen LogP contribution in [-0.2, 0) is 0 Å². The van der Waals surface area contributed by atoms with Crippen molar-refractivity contribution in [1.82, 2.24) is 4.98 Å². The number of pyridine rings is 1. The molecule has 0 fully saturated rings. The van der Waals surface area contributed by atoms with Crippen LogP contribution in [-0.4, -0.2) is 10.9 Å². The highest BCUT2D eigenvalue weighted by atomic mass is 79.9. The van der Waals surface area contributed by atoms with Gasteiger partial charge in [0.1, 0.15) is 10.3 Å². The van der Waals surface area contributed by atoms with Gasteiger partial charge in [0.2, 0.25) is 0 Å². The van der Waals surface area contributed by atoms with Crippen molar-refractivity contribution in [2.24, 2.45) is 5.73 Å². The molecule has 1 aromatic carbocycles. The molecule has 2 aromatic rings. The monoisotopic (exact) mass is 250 g/mol. The normalized spacial score (nSPS) is 10.4. The number of aromatic nitrogens is 1. The summed E-state index contributed by atoms with van der Waals surface area (Å²) in [7, 11) is 0. The minimum Gasteiger partial charge on any atom is -0.364 e. The van der Waals surface area contributed by atoms with E-state index >= 15 is 0 Å². The minimum atomic E-state index is -0.517. The second kappa shape index (κ2) is 3.38. The van der Waals surface area contributed by atoms with E-state index in [-0.39, 0.29) is 5.69 Å². The number of rotatable bonds is 1. The number of hydrogen-bond acceptors (Lipinski definition) is 2. The van der Waals surface area contributed by atoms with Crippen molar-refractivity contribution in [2.75, 3.05) is 0 Å². The Hall–Kier alpha value is -1.42. The number of amides is 1. The van der Waals surface area contributed by atoms with Gasteiger partial charge in [-0.15, -0.1) is 0 Å². The third-order valence-electron chi connectivity index (χ3n) is 1.95. The summed E-state index contributed by atoms with van der Waals surface area (Å²) in [4.78, 5) is 15.0. The highest BCUT2D eigenvalue weighted by Gasteiger charge is 2.06. The molecule has 1 aromatic heterocycles. The fourth-order valence-electron chi connectivity index (χ4n) is 1.28. The first kappa shape index (κ1) is 9.15. The first-order chi connectivity index (χ1) is 6.68. The van der Waals surface area contributed by atoms with Crippen LogP contribution in [0.5, 0.6) is 0 Å². The molecule has 70 valence electrons. The van der Waals surface area contributed by atoms with Crippen LogP contribution in [0.1, 0.15) is 10.5 Å². The Morgan fingerprint density at radius 3 is 2.79 bits per heavy atom. The Morgan fingerprint density at radius 2 is 2.07 bits per heavy atom. The number of halogens is 1. The number of carbonyl (C=O) groups excluding carboxylic acids is 1. The van der Waals surface area contributed by atoms with Gasteiger partial charge in [0, 0.05) is 5.39 Å². The molecule has 0 bridgehead atoms. The van der Waals surface area contributed by atoms with E-state index < -0.39 is 5.91 Å². The molecular weight excluding hydrogens is 244 g/mol. The number of hydrogen-bond donors (Lipinski definition) is 1. The van der Waals surface area contributed by atoms with Gasteiger partial charge in [0.25, 0.3) is 5.91 Å². The zero-order chi connectivity index (χ0) is 10.1. The molecule has 0 saturated carbocycles. The molecule has 0 saturated heterocycles. The van der Waals surface area contributed by atoms with Gasteiger partial charge in [-0.25, -0.2) is 4.98 Å². The first-order valence-corrected chi connectivity index (χ1v) is 4.83. The topological polar surface area (TPSA) is 56.0 Å². The molecule has 0 unspecified atom stereocenters. The van der Waals surface area contributed by atoms with Crippen molar-refractivity contribution in [3.05, 3.63) is 40.6 Å². The molecule has 0 atom stereocenters. The Kier molecular flexibility index (Phi) is 2.21. The lowest BCUT2D eigenvalue weighted by Crippen LogP contribution is -2.13. The summed E-state index contributed by atoms with van der Waals surface area (Å²) < 4.78 is 0.643. The third kappa shape index (κ3) is 1.48. The van der Waals surface area contributed by atoms with E-state index in [0.29, 0.717) is 4.60 Å². The van der Waals surface area contributed by atoms with E-state index in [0.717, 1.165) is 10.8 Å². The molecule has 1 heterocycles. The molecule has 0 spiro atoms. The van der Waals surface area contributed by atoms with Gasteiger partial charge < -0.3 is 5.73 Å². The van der Waals surface area contributed by atoms with E-state index in [1.54, 1.807) is 6.07 Å². The van der Waals surface area contributed by atoms with Crippen molar-refractivity contribution >= 4 is 32.6 Å². The summed E-state index contributed by atoms with van der Waals surface area (Å²) in [5.74, 6) is -0.517. The van der Waals surface area contributed by atoms with Gasteiger partial charge in [0.15, 0.2) is 0 Å². The summed E-state index contributed by atoms with van der Waals surface area (Å²) in [6.07, 6.45) is 0. The zero-order valence-corrected chi connectivity index (χ0v) is 8.78. The Balaban J connectivity index is 2.78. The molecule has 14 heavy (non-hydrogen) atoms. The fourth-order valence-corrected chi connectivity index (χ4v) is 1.83. The van der Waals surface area contributed by atoms with Gasteiger partial charge >= 0.3 is 0 Å². The van der Waals surface area contributed by atoms with Crippen molar-refractivity contribution in [1.29, 1.82) is 0 Å². The maximum absolute atomic E-state index is 10.9. The minimum absolute atomic E-state index is 0.274. The summed E-state index contributed by atoms with van der Waals surface area (Å²) in [6.45, 7) is 0. The van der Waals surface area contributed by atoms with E-state index in [1.807, 2.05) is 24.3 Å². The molecule has 0 aliphatic rings. The van der Waals surface area contributed by atoms with E-state index in [9.17, 15) is 4.79 Å². The predicted molar refractivity (Wildman–Crippen MR) is 58.0 cm³/mol. The molecule has 0 aliphatic heterocycles. The van der Waals surface area contributed by atoms with Gasteiger partial charge in [-0.3, -0.25) is 4.79 Å². The summed E-state index contributed by atoms with van der Waals surface area (Å²) in [5.41, 5.74) is 5.43. The summed E-state index contributed by atoms with van der Waals surface area (Å²) in [5, 5.41) is 1.92. The number of benzene rings is 1. The molecule has 3 nitrogen and oxygen atoms in total. The van der Waals surface area contributed by atoms with Crippen LogP contribution in [0.25, 0.3) is 10.8 Å². The predicted octanol–water partition coefficient (Wildman–Crippen LogP) is 2.10. The highest BCUT2D eigenvalue weighted by molar-refractivity contribution is 9.10. The average Bonchev–Trinajstić information content (AvgIpc) is 2.17. The van der Waals surface area contributed by atoms with Crippen molar-refractivity contribution < 1.29 is 4.79 Å². The van der Waals surface area contributed by atoms with Gasteiger partial charge in [-0.05, 0) is 27.4 Å². The molecule has 0 aliphatic carbocycles. The van der Waals surface area contributed by atoms with Crippen molar-refractivity contribution in [3.8, 4) is 0 Å². The number of nitrogens with zero attached hydrogens (tertiary/aromatic N) is 1. The lowest BCUT2D eigenvalue weighted by atomic mass is 10.1. The number of carbonyl (C=O) groups is 1. The summed E-state index contributed by atoms with van der Waals surface area (Å²) in [6, 6.07) is 9.34. The van der Waals surface area contributed by atoms with E-state index in [1.165, 1.54) is 0 Å². The first-order valence-electron chi connectivity index (χ1n) is 4.03. The van der Waals surface area contributed by atoms with Crippen molar-refractivity contribution in [2.45, 2.75) is 0 Å². The van der Waals surface area contributed by atoms with Crippen LogP contribution in [0.3, 0.4) is 0 Å². The Labute approximate surface area is 89.1 Å². The molecule has 4 heteroatoms. The van der Waals surface area contributed by atoms with Gasteiger partial charge in [0.05, 0.1) is 0 Å². The van der Waals surface area contributed by atoms with Gasteiger partial charge in [-0.1, -0.05) is 24.3 Å². The van der Waals surface area contributed by atoms with E-state index in [4.69, 9.17) is 5.73 Å². The lowest BCUT2D eigenvalue weighted by molar-refractivity contribution is 0.0995. The zero-order valence-electron chi connectivity index (χ0n) is 7.20. The lowest BCUT2D eigenvalue weighted by Gasteiger charge is -2.01. The van der Waals surface area contributed by atoms with Crippen LogP contribution in [0.2, 0.25) is 0 Å². The second-order valence-electron chi connectivity index (χ2n) is 2.88.